The lowest BCUT2D eigenvalue weighted by atomic mass is 10.1. The fourth-order valence-corrected chi connectivity index (χ4v) is 5.49. The second kappa shape index (κ2) is 9.67. The molecule has 8 nitrogen and oxygen atoms in total. The van der Waals surface area contributed by atoms with Crippen molar-refractivity contribution in [1.29, 1.82) is 0 Å². The van der Waals surface area contributed by atoms with Crippen molar-refractivity contribution < 1.29 is 18.4 Å². The Kier molecular flexibility index (Phi) is 7.43. The number of aromatic nitrogens is 1. The summed E-state index contributed by atoms with van der Waals surface area (Å²) in [6, 6.07) is 7.93. The zero-order chi connectivity index (χ0) is 21.9. The monoisotopic (exact) mass is 492 g/mol. The summed E-state index contributed by atoms with van der Waals surface area (Å²) in [6.45, 7) is 0.855. The van der Waals surface area contributed by atoms with Gasteiger partial charge in [0.25, 0.3) is 0 Å². The summed E-state index contributed by atoms with van der Waals surface area (Å²) in [5.41, 5.74) is 0.326. The fourth-order valence-electron chi connectivity index (χ4n) is 3.20. The maximum Gasteiger partial charge on any atom is 0.233 e. The molecule has 0 saturated carbocycles. The van der Waals surface area contributed by atoms with Crippen LogP contribution in [0.1, 0.15) is 10.8 Å². The smallest absolute Gasteiger partial charge is 0.233 e. The summed E-state index contributed by atoms with van der Waals surface area (Å²) in [7, 11) is -3.92. The van der Waals surface area contributed by atoms with Gasteiger partial charge in [-0.2, -0.15) is 4.31 Å². The molecule has 12 heteroatoms. The van der Waals surface area contributed by atoms with Gasteiger partial charge in [0.2, 0.25) is 16.4 Å². The number of hydroxylamine groups is 2. The lowest BCUT2D eigenvalue weighted by Gasteiger charge is -2.36. The largest absolute Gasteiger partial charge is 0.354 e. The molecule has 0 radical (unpaired) electrons. The summed E-state index contributed by atoms with van der Waals surface area (Å²) in [6.07, 6.45) is 1.69. The number of anilines is 1. The van der Waals surface area contributed by atoms with E-state index in [-0.39, 0.29) is 29.5 Å². The van der Waals surface area contributed by atoms with Gasteiger partial charge in [0.05, 0.1) is 21.6 Å². The Bertz CT molecular complexity index is 999. The molecule has 1 fully saturated rings. The third-order valence-electron chi connectivity index (χ3n) is 4.78. The number of carbonyl (C=O) groups excluding carboxylic acids is 1. The molecule has 2 aromatic rings. The third kappa shape index (κ3) is 5.16. The van der Waals surface area contributed by atoms with Crippen molar-refractivity contribution in [3.05, 3.63) is 57.2 Å². The number of hydrogen-bond acceptors (Lipinski definition) is 6. The first-order chi connectivity index (χ1) is 14.2. The maximum atomic E-state index is 13.4. The number of nitrogens with zero attached hydrogens (tertiary/aromatic N) is 4. The van der Waals surface area contributed by atoms with Crippen molar-refractivity contribution in [2.45, 2.75) is 5.25 Å². The Labute approximate surface area is 189 Å². The van der Waals surface area contributed by atoms with Crippen LogP contribution in [0.2, 0.25) is 15.1 Å². The van der Waals surface area contributed by atoms with Crippen molar-refractivity contribution in [2.75, 3.05) is 37.6 Å². The van der Waals surface area contributed by atoms with E-state index in [4.69, 9.17) is 34.8 Å². The molecule has 0 aliphatic carbocycles. The topological polar surface area (TPSA) is 94.0 Å². The van der Waals surface area contributed by atoms with Gasteiger partial charge in [0, 0.05) is 32.4 Å². The van der Waals surface area contributed by atoms with E-state index in [0.717, 1.165) is 0 Å². The van der Waals surface area contributed by atoms with Crippen LogP contribution in [0.5, 0.6) is 0 Å². The molecule has 1 aliphatic rings. The molecule has 1 atom stereocenters. The Morgan fingerprint density at radius 2 is 1.80 bits per heavy atom. The van der Waals surface area contributed by atoms with E-state index in [9.17, 15) is 18.4 Å². The van der Waals surface area contributed by atoms with Gasteiger partial charge in [-0.15, -0.1) is 0 Å². The fraction of sp³-hybridized carbons (Fsp3) is 0.333. The predicted molar refractivity (Wildman–Crippen MR) is 116 cm³/mol. The van der Waals surface area contributed by atoms with Crippen molar-refractivity contribution in [2.24, 2.45) is 0 Å². The molecule has 0 spiro atoms. The van der Waals surface area contributed by atoms with E-state index in [1.807, 2.05) is 4.90 Å². The average Bonchev–Trinajstić information content (AvgIpc) is 2.74. The van der Waals surface area contributed by atoms with Crippen LogP contribution in [0, 0.1) is 0 Å². The molecular formula is C18H19Cl3N4O4S. The Hall–Kier alpha value is -1.62. The highest BCUT2D eigenvalue weighted by atomic mass is 35.5. The van der Waals surface area contributed by atoms with Gasteiger partial charge < -0.3 is 4.90 Å². The molecule has 1 saturated heterocycles. The second-order valence-electron chi connectivity index (χ2n) is 6.66. The highest BCUT2D eigenvalue weighted by molar-refractivity contribution is 7.89. The molecule has 1 aromatic heterocycles. The van der Waals surface area contributed by atoms with E-state index >= 15 is 0 Å². The third-order valence-corrected chi connectivity index (χ3v) is 7.97. The van der Waals surface area contributed by atoms with Crippen LogP contribution in [0.4, 0.5) is 5.82 Å². The first-order valence-electron chi connectivity index (χ1n) is 8.93. The molecule has 1 unspecified atom stereocenters. The number of piperazine rings is 1. The Balaban J connectivity index is 1.81. The lowest BCUT2D eigenvalue weighted by Crippen LogP contribution is -2.51. The molecule has 1 aliphatic heterocycles. The van der Waals surface area contributed by atoms with E-state index in [1.54, 1.807) is 12.1 Å². The predicted octanol–water partition coefficient (Wildman–Crippen LogP) is 3.08. The van der Waals surface area contributed by atoms with Gasteiger partial charge in [0.1, 0.15) is 11.1 Å². The van der Waals surface area contributed by atoms with Crippen molar-refractivity contribution in [1.82, 2.24) is 14.4 Å². The minimum Gasteiger partial charge on any atom is -0.354 e. The van der Waals surface area contributed by atoms with Crippen LogP contribution in [0.25, 0.3) is 0 Å². The van der Waals surface area contributed by atoms with Gasteiger partial charge >= 0.3 is 0 Å². The number of benzene rings is 1. The zero-order valence-electron chi connectivity index (χ0n) is 15.7. The molecule has 30 heavy (non-hydrogen) atoms. The second-order valence-corrected chi connectivity index (χ2v) is 10.0. The van der Waals surface area contributed by atoms with Crippen molar-refractivity contribution in [3.8, 4) is 0 Å². The van der Waals surface area contributed by atoms with Crippen molar-refractivity contribution >= 4 is 57.1 Å². The lowest BCUT2D eigenvalue weighted by molar-refractivity contribution is -0.149. The zero-order valence-corrected chi connectivity index (χ0v) is 18.7. The number of halogens is 3. The van der Waals surface area contributed by atoms with Crippen LogP contribution in [0.3, 0.4) is 0 Å². The minimum atomic E-state index is -3.92. The summed E-state index contributed by atoms with van der Waals surface area (Å²) in [5.74, 6) is 0.708. The molecule has 2 heterocycles. The van der Waals surface area contributed by atoms with E-state index in [0.29, 0.717) is 34.6 Å². The molecule has 3 rings (SSSR count). The summed E-state index contributed by atoms with van der Waals surface area (Å²) >= 11 is 17.9. The maximum absolute atomic E-state index is 13.4. The van der Waals surface area contributed by atoms with Gasteiger partial charge in [-0.05, 0) is 29.8 Å². The van der Waals surface area contributed by atoms with Gasteiger partial charge in [-0.25, -0.2) is 18.5 Å². The molecule has 1 N–H and O–H groups in total. The standard InChI is InChI=1S/C18H19Cl3N4O4S/c19-14-2-4-18(22-10-14)23-5-7-25(8-6-23)30(28,29)17(11-24(27)12-26)13-1-3-15(20)16(21)9-13/h1-4,9-10,12,17,27H,5-8,11H2. The quantitative estimate of drug-likeness (QED) is 0.362. The Morgan fingerprint density at radius 1 is 1.10 bits per heavy atom. The number of rotatable bonds is 7. The SMILES string of the molecule is O=CN(O)CC(c1ccc(Cl)c(Cl)c1)S(=O)(=O)N1CCN(c2ccc(Cl)cn2)CC1. The minimum absolute atomic E-state index is 0.157. The highest BCUT2D eigenvalue weighted by Gasteiger charge is 2.36. The van der Waals surface area contributed by atoms with Gasteiger partial charge in [0.15, 0.2) is 0 Å². The first kappa shape index (κ1) is 23.1. The highest BCUT2D eigenvalue weighted by Crippen LogP contribution is 2.32. The average molecular weight is 494 g/mol. The number of pyridine rings is 1. The van der Waals surface area contributed by atoms with E-state index in [2.05, 4.69) is 4.98 Å². The van der Waals surface area contributed by atoms with Crippen LogP contribution >= 0.6 is 34.8 Å². The number of amides is 1. The molecule has 1 aromatic carbocycles. The molecule has 1 amide bonds. The van der Waals surface area contributed by atoms with Gasteiger partial charge in [-0.3, -0.25) is 10.0 Å². The van der Waals surface area contributed by atoms with Crippen LogP contribution < -0.4 is 4.90 Å². The number of hydrogen-bond donors (Lipinski definition) is 1. The summed E-state index contributed by atoms with van der Waals surface area (Å²) in [4.78, 5) is 17.1. The van der Waals surface area contributed by atoms with Crippen LogP contribution in [-0.4, -0.2) is 67.1 Å². The van der Waals surface area contributed by atoms with E-state index in [1.165, 1.54) is 28.7 Å². The first-order valence-corrected chi connectivity index (χ1v) is 11.6. The molecule has 0 bridgehead atoms. The van der Waals surface area contributed by atoms with Crippen molar-refractivity contribution in [3.63, 3.8) is 0 Å². The normalized spacial score (nSPS) is 16.3. The number of sulfonamides is 1. The molecule has 162 valence electrons. The Morgan fingerprint density at radius 3 is 2.37 bits per heavy atom. The molecular weight excluding hydrogens is 475 g/mol. The summed E-state index contributed by atoms with van der Waals surface area (Å²) < 4.78 is 28.1. The van der Waals surface area contributed by atoms with Crippen LogP contribution in [-0.2, 0) is 14.8 Å². The van der Waals surface area contributed by atoms with E-state index < -0.39 is 21.8 Å². The number of carbonyl (C=O) groups is 1. The van der Waals surface area contributed by atoms with Crippen LogP contribution in [0.15, 0.2) is 36.5 Å². The summed E-state index contributed by atoms with van der Waals surface area (Å²) in [5, 5.41) is 9.76. The van der Waals surface area contributed by atoms with Gasteiger partial charge in [-0.1, -0.05) is 40.9 Å².